The van der Waals surface area contributed by atoms with E-state index in [0.717, 1.165) is 0 Å². The van der Waals surface area contributed by atoms with E-state index in [1.165, 1.54) is 23.1 Å². The summed E-state index contributed by atoms with van der Waals surface area (Å²) < 4.78 is 0.625. The second kappa shape index (κ2) is 9.34. The number of carbonyl (C=O) groups excluding carboxylic acids is 2. The summed E-state index contributed by atoms with van der Waals surface area (Å²) >= 11 is 8.56. The Kier molecular flexibility index (Phi) is 7.43. The molecule has 0 fully saturated rings. The van der Waals surface area contributed by atoms with Gasteiger partial charge >= 0.3 is 0 Å². The van der Waals surface area contributed by atoms with Crippen LogP contribution in [0, 0.1) is 0 Å². The van der Waals surface area contributed by atoms with Crippen molar-refractivity contribution in [3.63, 3.8) is 0 Å². The molecule has 2 amide bonds. The third-order valence-electron chi connectivity index (χ3n) is 3.47. The zero-order valence-corrected chi connectivity index (χ0v) is 17.4. The van der Waals surface area contributed by atoms with Gasteiger partial charge in [0.25, 0.3) is 5.91 Å². The average Bonchev–Trinajstić information content (AvgIpc) is 3.00. The molecule has 26 heavy (non-hydrogen) atoms. The first-order valence-corrected chi connectivity index (χ1v) is 10.3. The van der Waals surface area contributed by atoms with Crippen LogP contribution in [-0.2, 0) is 4.79 Å². The van der Waals surface area contributed by atoms with Crippen molar-refractivity contribution in [1.29, 1.82) is 0 Å². The quantitative estimate of drug-likeness (QED) is 0.545. The molecule has 0 spiro atoms. The number of rotatable bonds is 7. The van der Waals surface area contributed by atoms with Gasteiger partial charge < -0.3 is 4.90 Å². The highest BCUT2D eigenvalue weighted by Crippen LogP contribution is 2.27. The molecule has 140 valence electrons. The molecule has 0 aliphatic carbocycles. The maximum atomic E-state index is 12.4. The van der Waals surface area contributed by atoms with Gasteiger partial charge in [0.05, 0.1) is 16.3 Å². The molecular formula is C17H21ClN4O2S2. The van der Waals surface area contributed by atoms with Crippen molar-refractivity contribution in [3.05, 3.63) is 34.9 Å². The highest BCUT2D eigenvalue weighted by Gasteiger charge is 2.21. The zero-order chi connectivity index (χ0) is 19.3. The fourth-order valence-electron chi connectivity index (χ4n) is 2.50. The van der Waals surface area contributed by atoms with Gasteiger partial charge in [-0.25, -0.2) is 0 Å². The molecule has 2 rings (SSSR count). The zero-order valence-electron chi connectivity index (χ0n) is 15.0. The van der Waals surface area contributed by atoms with E-state index >= 15 is 0 Å². The monoisotopic (exact) mass is 412 g/mol. The molecule has 0 atom stereocenters. The number of hydrogen-bond acceptors (Lipinski definition) is 6. The largest absolute Gasteiger partial charge is 0.337 e. The number of nitrogens with one attached hydrogen (secondary N) is 1. The van der Waals surface area contributed by atoms with E-state index in [-0.39, 0.29) is 29.7 Å². The number of carbonyl (C=O) groups is 2. The minimum absolute atomic E-state index is 0.0526. The Balaban J connectivity index is 1.95. The fourth-order valence-corrected chi connectivity index (χ4v) is 4.34. The smallest absolute Gasteiger partial charge is 0.259 e. The fraction of sp³-hybridized carbons (Fsp3) is 0.412. The number of anilines is 1. The molecule has 0 radical (unpaired) electrons. The maximum Gasteiger partial charge on any atom is 0.259 e. The Bertz CT molecular complexity index is 772. The number of halogens is 1. The van der Waals surface area contributed by atoms with Crippen LogP contribution in [0.1, 0.15) is 38.1 Å². The van der Waals surface area contributed by atoms with E-state index in [0.29, 0.717) is 20.1 Å². The molecule has 2 aromatic rings. The third-order valence-corrected chi connectivity index (χ3v) is 5.75. The predicted molar refractivity (Wildman–Crippen MR) is 107 cm³/mol. The van der Waals surface area contributed by atoms with E-state index in [1.807, 2.05) is 32.6 Å². The molecule has 9 heteroatoms. The highest BCUT2D eigenvalue weighted by atomic mass is 35.5. The van der Waals surface area contributed by atoms with Crippen molar-refractivity contribution in [2.75, 3.05) is 11.1 Å². The lowest BCUT2D eigenvalue weighted by Crippen LogP contribution is -2.43. The van der Waals surface area contributed by atoms with Gasteiger partial charge in [-0.15, -0.1) is 10.2 Å². The van der Waals surface area contributed by atoms with Gasteiger partial charge in [-0.05, 0) is 39.8 Å². The highest BCUT2D eigenvalue weighted by molar-refractivity contribution is 8.01. The standard InChI is InChI=1S/C17H21ClN4O2S2/c1-10(2)22(11(3)4)14(23)9-25-17-21-20-16(26-17)19-15(24)12-7-5-6-8-13(12)18/h5-8,10-11H,9H2,1-4H3,(H,19,20,24). The molecule has 1 heterocycles. The van der Waals surface area contributed by atoms with Crippen LogP contribution in [0.15, 0.2) is 28.6 Å². The number of hydrogen-bond donors (Lipinski definition) is 1. The molecule has 0 aliphatic rings. The summed E-state index contributed by atoms with van der Waals surface area (Å²) in [6.07, 6.45) is 0. The Labute approximate surface area is 166 Å². The third kappa shape index (κ3) is 5.43. The van der Waals surface area contributed by atoms with Crippen LogP contribution in [0.2, 0.25) is 5.02 Å². The Morgan fingerprint density at radius 1 is 1.19 bits per heavy atom. The van der Waals surface area contributed by atoms with E-state index in [4.69, 9.17) is 11.6 Å². The summed E-state index contributed by atoms with van der Waals surface area (Å²) in [5.74, 6) is -0.00859. The van der Waals surface area contributed by atoms with Crippen molar-refractivity contribution in [1.82, 2.24) is 15.1 Å². The van der Waals surface area contributed by atoms with E-state index < -0.39 is 0 Å². The van der Waals surface area contributed by atoms with Crippen LogP contribution in [-0.4, -0.2) is 44.7 Å². The summed E-state index contributed by atoms with van der Waals surface area (Å²) in [6.45, 7) is 7.98. The summed E-state index contributed by atoms with van der Waals surface area (Å²) in [6, 6.07) is 7.07. The van der Waals surface area contributed by atoms with Gasteiger partial charge in [-0.2, -0.15) is 0 Å². The SMILES string of the molecule is CC(C)N(C(=O)CSc1nnc(NC(=O)c2ccccc2Cl)s1)C(C)C. The number of aromatic nitrogens is 2. The molecular weight excluding hydrogens is 392 g/mol. The molecule has 0 unspecified atom stereocenters. The van der Waals surface area contributed by atoms with Gasteiger partial charge in [-0.3, -0.25) is 14.9 Å². The first-order chi connectivity index (χ1) is 12.3. The summed E-state index contributed by atoms with van der Waals surface area (Å²) in [4.78, 5) is 26.5. The Hall–Kier alpha value is -1.64. The molecule has 6 nitrogen and oxygen atoms in total. The van der Waals surface area contributed by atoms with Crippen molar-refractivity contribution in [3.8, 4) is 0 Å². The predicted octanol–water partition coefficient (Wildman–Crippen LogP) is 4.18. The van der Waals surface area contributed by atoms with Gasteiger partial charge in [0, 0.05) is 12.1 Å². The minimum atomic E-state index is -0.342. The maximum absolute atomic E-state index is 12.4. The second-order valence-electron chi connectivity index (χ2n) is 6.08. The van der Waals surface area contributed by atoms with Crippen molar-refractivity contribution < 1.29 is 9.59 Å². The molecule has 0 saturated carbocycles. The number of thioether (sulfide) groups is 1. The Morgan fingerprint density at radius 2 is 1.85 bits per heavy atom. The van der Waals surface area contributed by atoms with Crippen molar-refractivity contribution in [2.24, 2.45) is 0 Å². The van der Waals surface area contributed by atoms with Crippen LogP contribution in [0.5, 0.6) is 0 Å². The lowest BCUT2D eigenvalue weighted by molar-refractivity contribution is -0.131. The lowest BCUT2D eigenvalue weighted by atomic mass is 10.2. The molecule has 0 bridgehead atoms. The topological polar surface area (TPSA) is 75.2 Å². The first kappa shape index (κ1) is 20.7. The minimum Gasteiger partial charge on any atom is -0.337 e. The van der Waals surface area contributed by atoms with Gasteiger partial charge in [-0.1, -0.05) is 46.8 Å². The van der Waals surface area contributed by atoms with Gasteiger partial charge in [0.1, 0.15) is 0 Å². The van der Waals surface area contributed by atoms with Crippen molar-refractivity contribution in [2.45, 2.75) is 44.1 Å². The Morgan fingerprint density at radius 3 is 2.46 bits per heavy atom. The van der Waals surface area contributed by atoms with Crippen LogP contribution < -0.4 is 5.32 Å². The van der Waals surface area contributed by atoms with Crippen molar-refractivity contribution >= 4 is 51.6 Å². The van der Waals surface area contributed by atoms with Gasteiger partial charge in [0.2, 0.25) is 11.0 Å². The first-order valence-electron chi connectivity index (χ1n) is 8.13. The molecule has 1 aromatic heterocycles. The van der Waals surface area contributed by atoms with Crippen LogP contribution >= 0.6 is 34.7 Å². The van der Waals surface area contributed by atoms with E-state index in [2.05, 4.69) is 15.5 Å². The van der Waals surface area contributed by atoms with E-state index in [1.54, 1.807) is 24.3 Å². The van der Waals surface area contributed by atoms with Crippen LogP contribution in [0.25, 0.3) is 0 Å². The van der Waals surface area contributed by atoms with Gasteiger partial charge in [0.15, 0.2) is 4.34 Å². The number of benzene rings is 1. The summed E-state index contributed by atoms with van der Waals surface area (Å²) in [5.41, 5.74) is 0.373. The average molecular weight is 413 g/mol. The normalized spacial score (nSPS) is 11.0. The van der Waals surface area contributed by atoms with E-state index in [9.17, 15) is 9.59 Å². The molecule has 0 saturated heterocycles. The molecule has 0 aliphatic heterocycles. The lowest BCUT2D eigenvalue weighted by Gasteiger charge is -2.30. The molecule has 1 N–H and O–H groups in total. The second-order valence-corrected chi connectivity index (χ2v) is 8.69. The van der Waals surface area contributed by atoms with Crippen LogP contribution in [0.3, 0.4) is 0 Å². The molecule has 1 aromatic carbocycles. The number of nitrogens with zero attached hydrogens (tertiary/aromatic N) is 3. The van der Waals surface area contributed by atoms with Crippen LogP contribution in [0.4, 0.5) is 5.13 Å². The number of amides is 2. The summed E-state index contributed by atoms with van der Waals surface area (Å²) in [7, 11) is 0. The summed E-state index contributed by atoms with van der Waals surface area (Å²) in [5, 5.41) is 11.4.